The summed E-state index contributed by atoms with van der Waals surface area (Å²) in [5, 5.41) is -2.16. The fourth-order valence-electron chi connectivity index (χ4n) is 2.86. The van der Waals surface area contributed by atoms with E-state index >= 15 is 0 Å². The molecule has 1 aliphatic rings. The molecule has 0 aromatic heterocycles. The molecule has 1 heterocycles. The maximum Gasteiger partial charge on any atom is 0.460 e. The zero-order valence-electron chi connectivity index (χ0n) is 17.2. The van der Waals surface area contributed by atoms with Gasteiger partial charge in [-0.2, -0.15) is 43.9 Å². The number of carbonyl (C=O) groups is 2. The molecule has 0 aliphatic carbocycles. The van der Waals surface area contributed by atoms with E-state index in [1.54, 1.807) is 0 Å². The number of thioether (sulfide) groups is 2. The molecule has 0 bridgehead atoms. The minimum atomic E-state index is -6.50. The molecular formula is C20H12F10N2O2S2. The highest BCUT2D eigenvalue weighted by Crippen LogP contribution is 2.54. The second-order valence-corrected chi connectivity index (χ2v) is 9.71. The van der Waals surface area contributed by atoms with Gasteiger partial charge in [0.1, 0.15) is 0 Å². The summed E-state index contributed by atoms with van der Waals surface area (Å²) in [5.74, 6) is -7.96. The van der Waals surface area contributed by atoms with Gasteiger partial charge in [-0.25, -0.2) is 0 Å². The lowest BCUT2D eigenvalue weighted by Crippen LogP contribution is -2.49. The van der Waals surface area contributed by atoms with Crippen molar-refractivity contribution in [1.29, 1.82) is 0 Å². The van der Waals surface area contributed by atoms with Crippen LogP contribution in [0.25, 0.3) is 0 Å². The minimum Gasteiger partial charge on any atom is -0.326 e. The maximum atomic E-state index is 13.6. The normalized spacial score (nSPS) is 16.8. The van der Waals surface area contributed by atoms with Crippen molar-refractivity contribution in [2.75, 3.05) is 10.6 Å². The number of carbonyl (C=O) groups excluding carboxylic acids is 2. The van der Waals surface area contributed by atoms with Gasteiger partial charge in [0.2, 0.25) is 11.8 Å². The van der Waals surface area contributed by atoms with Gasteiger partial charge in [0.25, 0.3) is 0 Å². The number of alkyl halides is 10. The first-order valence-electron chi connectivity index (χ1n) is 9.51. The Kier molecular flexibility index (Phi) is 7.52. The van der Waals surface area contributed by atoms with Gasteiger partial charge in [-0.3, -0.25) is 9.59 Å². The van der Waals surface area contributed by atoms with Crippen LogP contribution >= 0.6 is 23.5 Å². The monoisotopic (exact) mass is 566 g/mol. The Morgan fingerprint density at radius 2 is 1.64 bits per heavy atom. The Bertz CT molecular complexity index is 1170. The van der Waals surface area contributed by atoms with E-state index in [1.165, 1.54) is 0 Å². The first-order chi connectivity index (χ1) is 16.4. The summed E-state index contributed by atoms with van der Waals surface area (Å²) in [6.45, 7) is 0. The van der Waals surface area contributed by atoms with Gasteiger partial charge in [0.05, 0.1) is 16.5 Å². The molecule has 196 valence electrons. The van der Waals surface area contributed by atoms with E-state index in [2.05, 4.69) is 10.6 Å². The molecule has 2 amide bonds. The number of hydrogen-bond donors (Lipinski definition) is 2. The molecule has 0 radical (unpaired) electrons. The first-order valence-corrected chi connectivity index (χ1v) is 11.2. The van der Waals surface area contributed by atoms with E-state index < -0.39 is 69.2 Å². The average molecular weight is 566 g/mol. The summed E-state index contributed by atoms with van der Waals surface area (Å²) in [6, 6.07) is 6.38. The molecule has 36 heavy (non-hydrogen) atoms. The van der Waals surface area contributed by atoms with Gasteiger partial charge in [-0.05, 0) is 48.2 Å². The molecule has 4 nitrogen and oxygen atoms in total. The van der Waals surface area contributed by atoms with E-state index in [0.29, 0.717) is 0 Å². The van der Waals surface area contributed by atoms with Crippen LogP contribution in [0.4, 0.5) is 55.3 Å². The number of rotatable bonds is 6. The van der Waals surface area contributed by atoms with Crippen LogP contribution in [-0.4, -0.2) is 34.4 Å². The van der Waals surface area contributed by atoms with Gasteiger partial charge in [-0.15, -0.1) is 11.8 Å². The Morgan fingerprint density at radius 3 is 2.25 bits per heavy atom. The predicted octanol–water partition coefficient (Wildman–Crippen LogP) is 7.03. The van der Waals surface area contributed by atoms with Crippen LogP contribution in [0.3, 0.4) is 0 Å². The van der Waals surface area contributed by atoms with Gasteiger partial charge < -0.3 is 10.6 Å². The molecule has 2 N–H and O–H groups in total. The van der Waals surface area contributed by atoms with Gasteiger partial charge >= 0.3 is 23.5 Å². The highest BCUT2D eigenvalue weighted by Gasteiger charge is 2.73. The smallest absolute Gasteiger partial charge is 0.326 e. The highest BCUT2D eigenvalue weighted by molar-refractivity contribution is 8.01. The summed E-state index contributed by atoms with van der Waals surface area (Å²) in [4.78, 5) is 24.1. The molecule has 3 rings (SSSR count). The quantitative estimate of drug-likeness (QED) is 0.291. The number of nitrogens with one attached hydrogen (secondary N) is 2. The average Bonchev–Trinajstić information content (AvgIpc) is 2.72. The van der Waals surface area contributed by atoms with Gasteiger partial charge in [-0.1, -0.05) is 6.07 Å². The fraction of sp³-hybridized carbons (Fsp3) is 0.300. The van der Waals surface area contributed by atoms with Crippen molar-refractivity contribution >= 4 is 46.7 Å². The number of fused-ring (bicyclic) bond motifs is 1. The Balaban J connectivity index is 1.67. The number of amides is 2. The zero-order chi connectivity index (χ0) is 27.1. The fourth-order valence-corrected chi connectivity index (χ4v) is 4.82. The highest BCUT2D eigenvalue weighted by atomic mass is 32.2. The Labute approximate surface area is 204 Å². The molecule has 0 saturated heterocycles. The zero-order valence-corrected chi connectivity index (χ0v) is 18.9. The summed E-state index contributed by atoms with van der Waals surface area (Å²) in [6.07, 6.45) is -11.7. The van der Waals surface area contributed by atoms with Crippen LogP contribution in [0.15, 0.2) is 52.3 Å². The third-order valence-electron chi connectivity index (χ3n) is 4.58. The number of benzene rings is 2. The van der Waals surface area contributed by atoms with Crippen molar-refractivity contribution in [2.45, 2.75) is 45.0 Å². The summed E-state index contributed by atoms with van der Waals surface area (Å²) >= 11 is -0.245. The van der Waals surface area contributed by atoms with Crippen molar-refractivity contribution in [2.24, 2.45) is 0 Å². The molecule has 16 heteroatoms. The molecule has 1 aliphatic heterocycles. The first kappa shape index (κ1) is 28.0. The minimum absolute atomic E-state index is 0.0993. The topological polar surface area (TPSA) is 58.2 Å². The van der Waals surface area contributed by atoms with E-state index in [4.69, 9.17) is 0 Å². The number of anilines is 2. The predicted molar refractivity (Wildman–Crippen MR) is 111 cm³/mol. The second kappa shape index (κ2) is 9.68. The molecule has 0 spiro atoms. The van der Waals surface area contributed by atoms with E-state index in [-0.39, 0.29) is 16.3 Å². The number of halogens is 10. The molecule has 2 aromatic carbocycles. The molecule has 0 fully saturated rings. The van der Waals surface area contributed by atoms with Crippen LogP contribution in [0, 0.1) is 0 Å². The van der Waals surface area contributed by atoms with Crippen molar-refractivity contribution in [1.82, 2.24) is 0 Å². The van der Waals surface area contributed by atoms with E-state index in [1.807, 2.05) is 0 Å². The molecule has 0 saturated carbocycles. The number of hydrogen-bond acceptors (Lipinski definition) is 4. The molecule has 2 aromatic rings. The van der Waals surface area contributed by atoms with Gasteiger partial charge in [0.15, 0.2) is 0 Å². The summed E-state index contributed by atoms with van der Waals surface area (Å²) in [7, 11) is 0. The third kappa shape index (κ3) is 6.02. The lowest BCUT2D eigenvalue weighted by molar-refractivity contribution is -0.330. The Morgan fingerprint density at radius 1 is 0.972 bits per heavy atom. The Hall–Kier alpha value is -2.62. The van der Waals surface area contributed by atoms with Crippen LogP contribution in [-0.2, 0) is 15.8 Å². The molecular weight excluding hydrogens is 554 g/mol. The second-order valence-electron chi connectivity index (χ2n) is 7.28. The maximum absolute atomic E-state index is 13.6. The standard InChI is InChI=1S/C20H12F10N2O2S2/c21-17(22,23)9-4-5-13-12(6-9)32-16(34)14(35-13)8-15(33)31-10-2-1-3-11(7-10)36-20(29,30)18(24,25)19(26,27)28/h1-7,14H,8H2,(H,31,33)(H,32,34)/t14-/m1/s1. The lowest BCUT2D eigenvalue weighted by atomic mass is 10.1. The van der Waals surface area contributed by atoms with Crippen LogP contribution in [0.2, 0.25) is 0 Å². The van der Waals surface area contributed by atoms with Crippen molar-refractivity contribution < 1.29 is 53.5 Å². The van der Waals surface area contributed by atoms with Crippen LogP contribution in [0.1, 0.15) is 12.0 Å². The van der Waals surface area contributed by atoms with Crippen molar-refractivity contribution in [3.63, 3.8) is 0 Å². The van der Waals surface area contributed by atoms with Crippen LogP contribution < -0.4 is 10.6 Å². The molecule has 0 unspecified atom stereocenters. The van der Waals surface area contributed by atoms with E-state index in [0.717, 1.165) is 54.2 Å². The van der Waals surface area contributed by atoms with Gasteiger partial charge in [0, 0.05) is 21.9 Å². The van der Waals surface area contributed by atoms with E-state index in [9.17, 15) is 53.5 Å². The summed E-state index contributed by atoms with van der Waals surface area (Å²) in [5.41, 5.74) is -1.32. The van der Waals surface area contributed by atoms with Crippen molar-refractivity contribution in [3.05, 3.63) is 48.0 Å². The molecule has 1 atom stereocenters. The largest absolute Gasteiger partial charge is 0.460 e. The summed E-state index contributed by atoms with van der Waals surface area (Å²) < 4.78 is 129. The SMILES string of the molecule is O=C(C[C@H]1Sc2ccc(C(F)(F)F)cc2NC1=O)Nc1cccc(SC(F)(F)C(F)(F)C(F)(F)F)c1. The lowest BCUT2D eigenvalue weighted by Gasteiger charge is -2.27. The van der Waals surface area contributed by atoms with Crippen molar-refractivity contribution in [3.8, 4) is 0 Å². The van der Waals surface area contributed by atoms with Crippen LogP contribution in [0.5, 0.6) is 0 Å². The third-order valence-corrected chi connectivity index (χ3v) is 6.86.